The third-order valence-electron chi connectivity index (χ3n) is 5.06. The van der Waals surface area contributed by atoms with Crippen LogP contribution in [0.5, 0.6) is 11.5 Å². The number of ether oxygens (including phenoxy) is 2. The Bertz CT molecular complexity index is 1240. The molecule has 0 aromatic heterocycles. The van der Waals surface area contributed by atoms with Crippen molar-refractivity contribution in [2.24, 2.45) is 0 Å². The predicted octanol–water partition coefficient (Wildman–Crippen LogP) is 3.72. The third kappa shape index (κ3) is 4.62. The van der Waals surface area contributed by atoms with Gasteiger partial charge in [-0.1, -0.05) is 30.3 Å². The van der Waals surface area contributed by atoms with Crippen molar-refractivity contribution in [2.75, 3.05) is 11.7 Å². The second-order valence-corrected chi connectivity index (χ2v) is 7.13. The van der Waals surface area contributed by atoms with E-state index in [4.69, 9.17) is 15.9 Å². The molecule has 1 atom stereocenters. The van der Waals surface area contributed by atoms with Crippen LogP contribution < -0.4 is 19.7 Å². The summed E-state index contributed by atoms with van der Waals surface area (Å²) in [5, 5.41) is 2.68. The lowest BCUT2D eigenvalue weighted by atomic mass is 10.0. The molecule has 1 N–H and O–H groups in total. The van der Waals surface area contributed by atoms with Gasteiger partial charge in [-0.15, -0.1) is 6.42 Å². The van der Waals surface area contributed by atoms with Crippen LogP contribution in [0.15, 0.2) is 66.7 Å². The Morgan fingerprint density at radius 1 is 1.03 bits per heavy atom. The summed E-state index contributed by atoms with van der Waals surface area (Å²) in [6.45, 7) is 0.0417. The molecule has 4 rings (SSSR count). The summed E-state index contributed by atoms with van der Waals surface area (Å²) in [7, 11) is 0. The lowest BCUT2D eigenvalue weighted by Gasteiger charge is -2.30. The Kier molecular flexibility index (Phi) is 6.22. The summed E-state index contributed by atoms with van der Waals surface area (Å²) in [4.78, 5) is 27.2. The van der Waals surface area contributed by atoms with E-state index in [0.717, 1.165) is 4.90 Å². The zero-order chi connectivity index (χ0) is 23.4. The number of nitrogens with one attached hydrogen (secondary N) is 1. The maximum atomic E-state index is 14.8. The van der Waals surface area contributed by atoms with Crippen molar-refractivity contribution in [1.29, 1.82) is 0 Å². The Hall–Kier alpha value is -4.38. The molecular weight excluding hydrogens is 430 g/mol. The Morgan fingerprint density at radius 2 is 1.76 bits per heavy atom. The Balaban J connectivity index is 1.73. The SMILES string of the molecule is C#CC(=O)N(c1ccc2c(c1)OCO2)[C@@H](C(=O)NCc1ccc(F)cc1)c1ccccc1F. The first-order valence-electron chi connectivity index (χ1n) is 9.94. The van der Waals surface area contributed by atoms with Crippen molar-refractivity contribution >= 4 is 17.5 Å². The highest BCUT2D eigenvalue weighted by atomic mass is 19.1. The number of fused-ring (bicyclic) bond motifs is 1. The number of anilines is 1. The third-order valence-corrected chi connectivity index (χ3v) is 5.06. The van der Waals surface area contributed by atoms with Gasteiger partial charge in [0, 0.05) is 23.9 Å². The van der Waals surface area contributed by atoms with Crippen LogP contribution in [-0.4, -0.2) is 18.6 Å². The molecule has 0 fully saturated rings. The van der Waals surface area contributed by atoms with Crippen LogP contribution in [0.3, 0.4) is 0 Å². The molecule has 0 aliphatic carbocycles. The molecule has 1 aliphatic rings. The van der Waals surface area contributed by atoms with Gasteiger partial charge in [0.25, 0.3) is 0 Å². The molecule has 0 radical (unpaired) electrons. The molecule has 0 saturated heterocycles. The molecule has 2 amide bonds. The van der Waals surface area contributed by atoms with Crippen LogP contribution in [0.25, 0.3) is 0 Å². The van der Waals surface area contributed by atoms with Crippen LogP contribution in [-0.2, 0) is 16.1 Å². The molecule has 0 bridgehead atoms. The number of hydrogen-bond acceptors (Lipinski definition) is 4. The molecule has 0 unspecified atom stereocenters. The van der Waals surface area contributed by atoms with Crippen LogP contribution in [0.2, 0.25) is 0 Å². The van der Waals surface area contributed by atoms with Gasteiger partial charge in [-0.25, -0.2) is 8.78 Å². The van der Waals surface area contributed by atoms with Crippen LogP contribution in [0.4, 0.5) is 14.5 Å². The van der Waals surface area contributed by atoms with E-state index in [0.29, 0.717) is 17.1 Å². The fourth-order valence-corrected chi connectivity index (χ4v) is 3.47. The molecular formula is C25H18F2N2O4. The summed E-state index contributed by atoms with van der Waals surface area (Å²) >= 11 is 0. The molecule has 33 heavy (non-hydrogen) atoms. The average Bonchev–Trinajstić information content (AvgIpc) is 3.30. The number of benzene rings is 3. The van der Waals surface area contributed by atoms with E-state index in [1.54, 1.807) is 12.1 Å². The van der Waals surface area contributed by atoms with E-state index in [1.165, 1.54) is 54.6 Å². The molecule has 166 valence electrons. The molecule has 3 aromatic rings. The molecule has 1 heterocycles. The van der Waals surface area contributed by atoms with Gasteiger partial charge >= 0.3 is 5.91 Å². The van der Waals surface area contributed by atoms with Crippen molar-refractivity contribution in [3.63, 3.8) is 0 Å². The highest BCUT2D eigenvalue weighted by molar-refractivity contribution is 6.09. The van der Waals surface area contributed by atoms with Crippen LogP contribution in [0, 0.1) is 24.0 Å². The maximum absolute atomic E-state index is 14.8. The minimum atomic E-state index is -1.42. The summed E-state index contributed by atoms with van der Waals surface area (Å²) in [6, 6.07) is 14.3. The van der Waals surface area contributed by atoms with Gasteiger partial charge < -0.3 is 14.8 Å². The smallest absolute Gasteiger partial charge is 0.303 e. The standard InChI is InChI=1S/C25H18F2N2O4/c1-2-23(30)29(18-11-12-21-22(13-18)33-15-32-21)24(19-5-3-4-6-20(19)27)25(31)28-14-16-7-9-17(26)10-8-16/h1,3-13,24H,14-15H2,(H,28,31)/t24-/m1/s1. The number of carbonyl (C=O) groups excluding carboxylic acids is 2. The largest absolute Gasteiger partial charge is 0.454 e. The first kappa shape index (κ1) is 21.8. The second kappa shape index (κ2) is 9.40. The summed E-state index contributed by atoms with van der Waals surface area (Å²) < 4.78 is 38.7. The van der Waals surface area contributed by atoms with Crippen LogP contribution in [0.1, 0.15) is 17.2 Å². The zero-order valence-electron chi connectivity index (χ0n) is 17.3. The lowest BCUT2D eigenvalue weighted by Crippen LogP contribution is -2.43. The predicted molar refractivity (Wildman–Crippen MR) is 116 cm³/mol. The van der Waals surface area contributed by atoms with Crippen molar-refractivity contribution in [3.8, 4) is 23.8 Å². The fourth-order valence-electron chi connectivity index (χ4n) is 3.47. The second-order valence-electron chi connectivity index (χ2n) is 7.13. The molecule has 1 aliphatic heterocycles. The average molecular weight is 448 g/mol. The van der Waals surface area contributed by atoms with Gasteiger partial charge in [0.15, 0.2) is 11.5 Å². The fraction of sp³-hybridized carbons (Fsp3) is 0.120. The molecule has 0 saturated carbocycles. The van der Waals surface area contributed by atoms with Gasteiger partial charge in [-0.2, -0.15) is 0 Å². The van der Waals surface area contributed by atoms with E-state index in [9.17, 15) is 18.4 Å². The zero-order valence-corrected chi connectivity index (χ0v) is 17.3. The number of amides is 2. The van der Waals surface area contributed by atoms with Crippen molar-refractivity contribution in [3.05, 3.63) is 89.5 Å². The minimum Gasteiger partial charge on any atom is -0.454 e. The maximum Gasteiger partial charge on any atom is 0.303 e. The molecule has 8 heteroatoms. The van der Waals surface area contributed by atoms with Gasteiger partial charge in [-0.05, 0) is 41.8 Å². The van der Waals surface area contributed by atoms with Gasteiger partial charge in [0.05, 0.1) is 0 Å². The minimum absolute atomic E-state index is 0.0107. The number of hydrogen-bond donors (Lipinski definition) is 1. The quantitative estimate of drug-likeness (QED) is 0.584. The summed E-state index contributed by atoms with van der Waals surface area (Å²) in [5.74, 6) is 0.214. The van der Waals surface area contributed by atoms with E-state index in [-0.39, 0.29) is 24.6 Å². The number of rotatable bonds is 6. The van der Waals surface area contributed by atoms with Crippen molar-refractivity contribution < 1.29 is 27.8 Å². The summed E-state index contributed by atoms with van der Waals surface area (Å²) in [6.07, 6.45) is 5.40. The van der Waals surface area contributed by atoms with Gasteiger partial charge in [0.1, 0.15) is 17.7 Å². The molecule has 6 nitrogen and oxygen atoms in total. The molecule has 0 spiro atoms. The Labute approximate surface area is 188 Å². The summed E-state index contributed by atoms with van der Waals surface area (Å²) in [5.41, 5.74) is 0.803. The first-order chi connectivity index (χ1) is 16.0. The Morgan fingerprint density at radius 3 is 2.48 bits per heavy atom. The topological polar surface area (TPSA) is 67.9 Å². The van der Waals surface area contributed by atoms with Crippen molar-refractivity contribution in [1.82, 2.24) is 5.32 Å². The highest BCUT2D eigenvalue weighted by Gasteiger charge is 2.34. The van der Waals surface area contributed by atoms with Gasteiger partial charge in [0.2, 0.25) is 12.7 Å². The van der Waals surface area contributed by atoms with E-state index >= 15 is 0 Å². The number of halogens is 2. The lowest BCUT2D eigenvalue weighted by molar-refractivity contribution is -0.125. The van der Waals surface area contributed by atoms with Gasteiger partial charge in [-0.3, -0.25) is 14.5 Å². The van der Waals surface area contributed by atoms with E-state index < -0.39 is 29.5 Å². The monoisotopic (exact) mass is 448 g/mol. The van der Waals surface area contributed by atoms with Crippen molar-refractivity contribution in [2.45, 2.75) is 12.6 Å². The van der Waals surface area contributed by atoms with E-state index in [1.807, 2.05) is 5.92 Å². The number of terminal acetylenes is 1. The van der Waals surface area contributed by atoms with Crippen LogP contribution >= 0.6 is 0 Å². The first-order valence-corrected chi connectivity index (χ1v) is 9.94. The molecule has 3 aromatic carbocycles. The number of carbonyl (C=O) groups is 2. The highest BCUT2D eigenvalue weighted by Crippen LogP contribution is 2.38. The normalized spacial score (nSPS) is 12.5. The van der Waals surface area contributed by atoms with E-state index in [2.05, 4.69) is 5.32 Å². The number of nitrogens with zero attached hydrogens (tertiary/aromatic N) is 1.